The lowest BCUT2D eigenvalue weighted by atomic mass is 10.1. The molecule has 0 saturated carbocycles. The molecule has 2 atom stereocenters. The molecule has 9 nitrogen and oxygen atoms in total. The number of nitrogens with zero attached hydrogens (tertiary/aromatic N) is 1. The van der Waals surface area contributed by atoms with Crippen LogP contribution in [0.5, 0.6) is 5.75 Å². The number of hydrogen-bond donors (Lipinski definition) is 2. The number of ether oxygens (including phenoxy) is 2. The molecule has 0 aliphatic carbocycles. The molecule has 1 aromatic carbocycles. The summed E-state index contributed by atoms with van der Waals surface area (Å²) in [7, 11) is 0. The molecule has 1 aromatic rings. The lowest BCUT2D eigenvalue weighted by Crippen LogP contribution is -2.70. The van der Waals surface area contributed by atoms with Crippen molar-refractivity contribution in [2.75, 3.05) is 19.0 Å². The smallest absolute Gasteiger partial charge is 0.353 e. The maximum absolute atomic E-state index is 12.6. The molecule has 0 bridgehead atoms. The van der Waals surface area contributed by atoms with Crippen LogP contribution in [0.15, 0.2) is 65.1 Å². The molecule has 1 saturated heterocycles. The van der Waals surface area contributed by atoms with E-state index in [1.807, 2.05) is 6.07 Å². The number of nitrogens with one attached hydrogen (secondary N) is 1. The van der Waals surface area contributed by atoms with Gasteiger partial charge in [-0.2, -0.15) is 0 Å². The fourth-order valence-corrected chi connectivity index (χ4v) is 5.23. The highest BCUT2D eigenvalue weighted by atomic mass is 32.2. The maximum atomic E-state index is 12.6. The van der Waals surface area contributed by atoms with Crippen LogP contribution in [0.1, 0.15) is 0 Å². The first-order chi connectivity index (χ1) is 15.4. The first kappa shape index (κ1) is 23.5. The number of hydrogen-bond acceptors (Lipinski definition) is 8. The average Bonchev–Trinajstić information content (AvgIpc) is 2.79. The van der Waals surface area contributed by atoms with Crippen molar-refractivity contribution in [3.05, 3.63) is 65.1 Å². The monoisotopic (exact) mass is 476 g/mol. The van der Waals surface area contributed by atoms with E-state index in [1.54, 1.807) is 24.3 Å². The highest BCUT2D eigenvalue weighted by molar-refractivity contribution is 8.08. The fourth-order valence-electron chi connectivity index (χ4n) is 2.92. The van der Waals surface area contributed by atoms with Crippen LogP contribution in [-0.4, -0.2) is 64.1 Å². The number of benzene rings is 1. The Morgan fingerprint density at radius 2 is 2.06 bits per heavy atom. The summed E-state index contributed by atoms with van der Waals surface area (Å²) in [6, 6.07) is 7.94. The minimum Gasteiger partial charge on any atom is -0.484 e. The van der Waals surface area contributed by atoms with Crippen molar-refractivity contribution < 1.29 is 33.8 Å². The summed E-state index contributed by atoms with van der Waals surface area (Å²) >= 11 is 2.36. The highest BCUT2D eigenvalue weighted by Crippen LogP contribution is 2.43. The standard InChI is InChI=1S/C21H20N2O7S2/c1-2-9-29-16(25)8-10-31-14-12-32-20-17(19(26)23(20)18(14)21(27)28)22-15(24)11-30-13-6-4-3-5-7-13/h2-8,10,17,20H,1,9,11-12H2,(H,22,24)(H,27,28)/b10-8-/t17-,20+/m1/s1. The second-order valence-corrected chi connectivity index (χ2v) is 8.58. The number of amides is 2. The second kappa shape index (κ2) is 10.9. The van der Waals surface area contributed by atoms with Gasteiger partial charge in [-0.1, -0.05) is 42.6 Å². The van der Waals surface area contributed by atoms with Gasteiger partial charge >= 0.3 is 11.9 Å². The summed E-state index contributed by atoms with van der Waals surface area (Å²) in [5.41, 5.74) is -0.154. The number of carbonyl (C=O) groups is 4. The van der Waals surface area contributed by atoms with Crippen molar-refractivity contribution >= 4 is 47.3 Å². The van der Waals surface area contributed by atoms with Crippen molar-refractivity contribution in [3.8, 4) is 5.75 Å². The Bertz CT molecular complexity index is 978. The molecule has 2 aliphatic heterocycles. The number of thioether (sulfide) groups is 2. The van der Waals surface area contributed by atoms with Crippen LogP contribution < -0.4 is 10.1 Å². The molecule has 0 aromatic heterocycles. The third-order valence-electron chi connectivity index (χ3n) is 4.32. The number of para-hydroxylation sites is 1. The molecule has 32 heavy (non-hydrogen) atoms. The van der Waals surface area contributed by atoms with Crippen LogP contribution in [0.4, 0.5) is 0 Å². The largest absolute Gasteiger partial charge is 0.484 e. The van der Waals surface area contributed by atoms with Crippen LogP contribution in [0.3, 0.4) is 0 Å². The Morgan fingerprint density at radius 1 is 1.31 bits per heavy atom. The highest BCUT2D eigenvalue weighted by Gasteiger charge is 2.54. The van der Waals surface area contributed by atoms with Crippen molar-refractivity contribution in [2.45, 2.75) is 11.4 Å². The summed E-state index contributed by atoms with van der Waals surface area (Å²) in [6.45, 7) is 3.25. The SMILES string of the molecule is C=CCOC(=O)/C=C\SC1=C(C(=O)O)N2C(=O)[C@@H](NC(=O)COc3ccccc3)[C@@H]2SC1. The summed E-state index contributed by atoms with van der Waals surface area (Å²) in [6.07, 6.45) is 2.60. The zero-order valence-corrected chi connectivity index (χ0v) is 18.4. The molecule has 2 N–H and O–H groups in total. The lowest BCUT2D eigenvalue weighted by molar-refractivity contribution is -0.150. The van der Waals surface area contributed by atoms with Gasteiger partial charge in [-0.05, 0) is 17.5 Å². The van der Waals surface area contributed by atoms with Gasteiger partial charge < -0.3 is 19.9 Å². The van der Waals surface area contributed by atoms with Crippen LogP contribution >= 0.6 is 23.5 Å². The summed E-state index contributed by atoms with van der Waals surface area (Å²) in [5.74, 6) is -2.01. The number of aliphatic carboxylic acids is 1. The Labute approximate surface area is 192 Å². The third kappa shape index (κ3) is 5.54. The summed E-state index contributed by atoms with van der Waals surface area (Å²) < 4.78 is 10.2. The van der Waals surface area contributed by atoms with Gasteiger partial charge in [0.2, 0.25) is 0 Å². The molecule has 168 valence electrons. The molecule has 1 fully saturated rings. The van der Waals surface area contributed by atoms with Gasteiger partial charge in [0.25, 0.3) is 11.8 Å². The zero-order chi connectivity index (χ0) is 23.1. The maximum Gasteiger partial charge on any atom is 0.353 e. The summed E-state index contributed by atoms with van der Waals surface area (Å²) in [5, 5.41) is 13.1. The quantitative estimate of drug-likeness (QED) is 0.225. The minimum absolute atomic E-state index is 0.0697. The molecule has 2 amide bonds. The van der Waals surface area contributed by atoms with Crippen molar-refractivity contribution in [3.63, 3.8) is 0 Å². The van der Waals surface area contributed by atoms with E-state index in [1.165, 1.54) is 29.3 Å². The Morgan fingerprint density at radius 3 is 2.75 bits per heavy atom. The number of esters is 1. The third-order valence-corrected chi connectivity index (χ3v) is 6.68. The van der Waals surface area contributed by atoms with Gasteiger partial charge in [0.1, 0.15) is 29.5 Å². The van der Waals surface area contributed by atoms with Gasteiger partial charge in [0, 0.05) is 16.7 Å². The van der Waals surface area contributed by atoms with Gasteiger partial charge in [0.15, 0.2) is 6.61 Å². The van der Waals surface area contributed by atoms with Crippen molar-refractivity contribution in [1.82, 2.24) is 10.2 Å². The number of rotatable bonds is 10. The van der Waals surface area contributed by atoms with Gasteiger partial charge in [-0.25, -0.2) is 9.59 Å². The van der Waals surface area contributed by atoms with Crippen LogP contribution in [0.2, 0.25) is 0 Å². The van der Waals surface area contributed by atoms with E-state index in [4.69, 9.17) is 9.47 Å². The van der Waals surface area contributed by atoms with Gasteiger partial charge in [-0.15, -0.1) is 11.8 Å². The summed E-state index contributed by atoms with van der Waals surface area (Å²) in [4.78, 5) is 49.7. The van der Waals surface area contributed by atoms with Crippen LogP contribution in [-0.2, 0) is 23.9 Å². The zero-order valence-electron chi connectivity index (χ0n) is 16.8. The molecule has 3 rings (SSSR count). The van der Waals surface area contributed by atoms with Gasteiger partial charge in [-0.3, -0.25) is 14.5 Å². The molecular weight excluding hydrogens is 456 g/mol. The van der Waals surface area contributed by atoms with E-state index >= 15 is 0 Å². The first-order valence-electron chi connectivity index (χ1n) is 9.41. The van der Waals surface area contributed by atoms with E-state index in [9.17, 15) is 24.3 Å². The molecule has 0 unspecified atom stereocenters. The molecular formula is C21H20N2O7S2. The van der Waals surface area contributed by atoms with Crippen molar-refractivity contribution in [1.29, 1.82) is 0 Å². The molecule has 0 radical (unpaired) electrons. The number of carboxylic acids is 1. The molecule has 0 spiro atoms. The topological polar surface area (TPSA) is 122 Å². The first-order valence-corrected chi connectivity index (χ1v) is 11.3. The van der Waals surface area contributed by atoms with E-state index in [-0.39, 0.29) is 18.9 Å². The fraction of sp³-hybridized carbons (Fsp3) is 0.238. The molecule has 2 aliphatic rings. The normalized spacial score (nSPS) is 19.8. The van der Waals surface area contributed by atoms with Crippen LogP contribution in [0, 0.1) is 0 Å². The van der Waals surface area contributed by atoms with Crippen molar-refractivity contribution in [2.24, 2.45) is 0 Å². The number of carbonyl (C=O) groups excluding carboxylic acids is 3. The minimum atomic E-state index is -1.26. The Hall–Kier alpha value is -3.18. The predicted octanol–water partition coefficient (Wildman–Crippen LogP) is 1.74. The number of carboxylic acid groups (broad SMARTS) is 1. The Balaban J connectivity index is 1.60. The second-order valence-electron chi connectivity index (χ2n) is 6.47. The lowest BCUT2D eigenvalue weighted by Gasteiger charge is -2.49. The number of fused-ring (bicyclic) bond motifs is 1. The van der Waals surface area contributed by atoms with E-state index in [0.717, 1.165) is 16.7 Å². The average molecular weight is 477 g/mol. The molecule has 2 heterocycles. The van der Waals surface area contributed by atoms with Crippen LogP contribution in [0.25, 0.3) is 0 Å². The Kier molecular flexibility index (Phi) is 8.01. The van der Waals surface area contributed by atoms with E-state index in [2.05, 4.69) is 11.9 Å². The molecule has 11 heteroatoms. The number of β-lactam (4-membered cyclic amide) rings is 1. The van der Waals surface area contributed by atoms with E-state index < -0.39 is 35.2 Å². The van der Waals surface area contributed by atoms with E-state index in [0.29, 0.717) is 16.4 Å². The predicted molar refractivity (Wildman–Crippen MR) is 120 cm³/mol. The van der Waals surface area contributed by atoms with Gasteiger partial charge in [0.05, 0.1) is 0 Å².